The molecule has 0 radical (unpaired) electrons. The monoisotopic (exact) mass is 328 g/mol. The number of likely N-dealkylation sites (tertiary alicyclic amines) is 1. The molecular formula is C21H32N2O. The molecule has 0 unspecified atom stereocenters. The van der Waals surface area contributed by atoms with Gasteiger partial charge in [0.2, 0.25) is 5.91 Å². The van der Waals surface area contributed by atoms with E-state index in [9.17, 15) is 4.79 Å². The maximum absolute atomic E-state index is 13.4. The summed E-state index contributed by atoms with van der Waals surface area (Å²) in [6, 6.07) is 9.46. The highest BCUT2D eigenvalue weighted by molar-refractivity contribution is 5.88. The molecular weight excluding hydrogens is 296 g/mol. The summed E-state index contributed by atoms with van der Waals surface area (Å²) in [6.07, 6.45) is 6.52. The molecule has 1 aliphatic heterocycles. The molecule has 2 fully saturated rings. The lowest BCUT2D eigenvalue weighted by atomic mass is 9.76. The highest BCUT2D eigenvalue weighted by atomic mass is 16.2. The Morgan fingerprint density at radius 1 is 1.12 bits per heavy atom. The highest BCUT2D eigenvalue weighted by Gasteiger charge is 2.45. The third-order valence-corrected chi connectivity index (χ3v) is 6.19. The van der Waals surface area contributed by atoms with Crippen molar-refractivity contribution in [2.24, 2.45) is 0 Å². The van der Waals surface area contributed by atoms with Crippen LogP contribution in [0.25, 0.3) is 0 Å². The van der Waals surface area contributed by atoms with E-state index in [-0.39, 0.29) is 5.41 Å². The van der Waals surface area contributed by atoms with Gasteiger partial charge in [0, 0.05) is 19.1 Å². The molecule has 1 saturated heterocycles. The molecule has 3 heteroatoms. The summed E-state index contributed by atoms with van der Waals surface area (Å²) in [4.78, 5) is 15.6. The van der Waals surface area contributed by atoms with Crippen LogP contribution in [0.4, 0.5) is 0 Å². The van der Waals surface area contributed by atoms with Gasteiger partial charge in [0.05, 0.1) is 5.41 Å². The number of nitrogens with zero attached hydrogens (tertiary/aromatic N) is 1. The van der Waals surface area contributed by atoms with Crippen molar-refractivity contribution in [3.63, 3.8) is 0 Å². The van der Waals surface area contributed by atoms with Crippen LogP contribution in [0.15, 0.2) is 24.3 Å². The van der Waals surface area contributed by atoms with Gasteiger partial charge in [0.1, 0.15) is 0 Å². The van der Waals surface area contributed by atoms with Gasteiger partial charge in [-0.1, -0.05) is 51.0 Å². The normalized spacial score (nSPS) is 21.4. The Bertz CT molecular complexity index is 550. The number of carbonyl (C=O) groups excluding carboxylic acids is 1. The molecule has 1 aliphatic carbocycles. The Balaban J connectivity index is 1.81. The van der Waals surface area contributed by atoms with Crippen LogP contribution in [-0.4, -0.2) is 37.0 Å². The summed E-state index contributed by atoms with van der Waals surface area (Å²) in [5.41, 5.74) is 2.33. The first kappa shape index (κ1) is 17.5. The van der Waals surface area contributed by atoms with E-state index in [4.69, 9.17) is 0 Å². The Hall–Kier alpha value is -1.35. The third kappa shape index (κ3) is 3.23. The van der Waals surface area contributed by atoms with E-state index in [0.29, 0.717) is 17.9 Å². The predicted molar refractivity (Wildman–Crippen MR) is 99.3 cm³/mol. The zero-order chi connectivity index (χ0) is 17.2. The standard InChI is InChI=1S/C21H32N2O/c1-16(2)17-6-8-18(9-7-17)21(12-4-5-13-21)20(24)23-14-10-19(22-3)11-15-23/h6-9,16,19,22H,4-5,10-15H2,1-3H3. The second-order valence-corrected chi connectivity index (χ2v) is 7.92. The van der Waals surface area contributed by atoms with Crippen molar-refractivity contribution in [2.45, 2.75) is 69.7 Å². The number of rotatable bonds is 4. The number of carbonyl (C=O) groups is 1. The topological polar surface area (TPSA) is 32.3 Å². The van der Waals surface area contributed by atoms with Gasteiger partial charge in [-0.05, 0) is 49.8 Å². The van der Waals surface area contributed by atoms with Crippen molar-refractivity contribution in [1.29, 1.82) is 0 Å². The Labute approximate surface area is 146 Å². The smallest absolute Gasteiger partial charge is 0.233 e. The molecule has 0 spiro atoms. The van der Waals surface area contributed by atoms with Crippen LogP contribution in [0.1, 0.15) is 69.4 Å². The van der Waals surface area contributed by atoms with Crippen molar-refractivity contribution in [1.82, 2.24) is 10.2 Å². The lowest BCUT2D eigenvalue weighted by Gasteiger charge is -2.39. The van der Waals surface area contributed by atoms with Crippen molar-refractivity contribution < 1.29 is 4.79 Å². The van der Waals surface area contributed by atoms with E-state index in [1.807, 2.05) is 7.05 Å². The minimum absolute atomic E-state index is 0.262. The lowest BCUT2D eigenvalue weighted by Crippen LogP contribution is -2.50. The molecule has 0 bridgehead atoms. The van der Waals surface area contributed by atoms with E-state index in [0.717, 1.165) is 38.8 Å². The van der Waals surface area contributed by atoms with Crippen LogP contribution in [0.5, 0.6) is 0 Å². The highest BCUT2D eigenvalue weighted by Crippen LogP contribution is 2.43. The summed E-state index contributed by atoms with van der Waals surface area (Å²) in [5.74, 6) is 0.918. The van der Waals surface area contributed by atoms with E-state index in [2.05, 4.69) is 48.3 Å². The van der Waals surface area contributed by atoms with Crippen molar-refractivity contribution >= 4 is 5.91 Å². The summed E-state index contributed by atoms with van der Waals surface area (Å²) in [7, 11) is 2.02. The fraction of sp³-hybridized carbons (Fsp3) is 0.667. The lowest BCUT2D eigenvalue weighted by molar-refractivity contribution is -0.138. The second-order valence-electron chi connectivity index (χ2n) is 7.92. The molecule has 1 aromatic carbocycles. The van der Waals surface area contributed by atoms with E-state index >= 15 is 0 Å². The first-order valence-corrected chi connectivity index (χ1v) is 9.64. The maximum Gasteiger partial charge on any atom is 0.233 e. The van der Waals surface area contributed by atoms with Gasteiger partial charge in [-0.25, -0.2) is 0 Å². The van der Waals surface area contributed by atoms with Crippen molar-refractivity contribution in [2.75, 3.05) is 20.1 Å². The van der Waals surface area contributed by atoms with Crippen LogP contribution < -0.4 is 5.32 Å². The van der Waals surface area contributed by atoms with Gasteiger partial charge in [-0.2, -0.15) is 0 Å². The predicted octanol–water partition coefficient (Wildman–Crippen LogP) is 3.83. The van der Waals surface area contributed by atoms with E-state index in [1.165, 1.54) is 24.0 Å². The van der Waals surface area contributed by atoms with Crippen LogP contribution >= 0.6 is 0 Å². The number of benzene rings is 1. The summed E-state index contributed by atoms with van der Waals surface area (Å²) >= 11 is 0. The number of hydrogen-bond donors (Lipinski definition) is 1. The first-order valence-electron chi connectivity index (χ1n) is 9.64. The Morgan fingerprint density at radius 3 is 2.21 bits per heavy atom. The zero-order valence-electron chi connectivity index (χ0n) is 15.5. The van der Waals surface area contributed by atoms with Crippen molar-refractivity contribution in [3.8, 4) is 0 Å². The number of nitrogens with one attached hydrogen (secondary N) is 1. The molecule has 1 heterocycles. The Kier molecular flexibility index (Phi) is 5.29. The minimum atomic E-state index is -0.262. The second kappa shape index (κ2) is 7.26. The van der Waals surface area contributed by atoms with E-state index in [1.54, 1.807) is 0 Å². The molecule has 132 valence electrons. The number of piperidine rings is 1. The van der Waals surface area contributed by atoms with Crippen LogP contribution in [0, 0.1) is 0 Å². The van der Waals surface area contributed by atoms with Gasteiger partial charge in [-0.15, -0.1) is 0 Å². The number of hydrogen-bond acceptors (Lipinski definition) is 2. The van der Waals surface area contributed by atoms with Crippen LogP contribution in [0.2, 0.25) is 0 Å². The molecule has 3 rings (SSSR count). The van der Waals surface area contributed by atoms with Gasteiger partial charge in [0.15, 0.2) is 0 Å². The van der Waals surface area contributed by atoms with Gasteiger partial charge < -0.3 is 10.2 Å². The molecule has 1 amide bonds. The zero-order valence-corrected chi connectivity index (χ0v) is 15.5. The van der Waals surface area contributed by atoms with Gasteiger partial charge in [-0.3, -0.25) is 4.79 Å². The van der Waals surface area contributed by atoms with E-state index < -0.39 is 0 Å². The molecule has 1 N–H and O–H groups in total. The number of amides is 1. The molecule has 3 nitrogen and oxygen atoms in total. The molecule has 1 aromatic rings. The Morgan fingerprint density at radius 2 is 1.71 bits per heavy atom. The van der Waals surface area contributed by atoms with Crippen molar-refractivity contribution in [3.05, 3.63) is 35.4 Å². The molecule has 2 aliphatic rings. The molecule has 24 heavy (non-hydrogen) atoms. The summed E-state index contributed by atoms with van der Waals surface area (Å²) in [6.45, 7) is 6.24. The van der Waals surface area contributed by atoms with Gasteiger partial charge in [0.25, 0.3) is 0 Å². The van der Waals surface area contributed by atoms with Gasteiger partial charge >= 0.3 is 0 Å². The summed E-state index contributed by atoms with van der Waals surface area (Å²) < 4.78 is 0. The fourth-order valence-electron chi connectivity index (χ4n) is 4.47. The molecule has 0 aromatic heterocycles. The largest absolute Gasteiger partial charge is 0.342 e. The average molecular weight is 329 g/mol. The third-order valence-electron chi connectivity index (χ3n) is 6.19. The fourth-order valence-corrected chi connectivity index (χ4v) is 4.47. The quantitative estimate of drug-likeness (QED) is 0.911. The maximum atomic E-state index is 13.4. The first-order chi connectivity index (χ1) is 11.6. The summed E-state index contributed by atoms with van der Waals surface area (Å²) in [5, 5.41) is 3.35. The van der Waals surface area contributed by atoms with Crippen LogP contribution in [-0.2, 0) is 10.2 Å². The molecule has 0 atom stereocenters. The minimum Gasteiger partial charge on any atom is -0.342 e. The average Bonchev–Trinajstić information content (AvgIpc) is 3.12. The van der Waals surface area contributed by atoms with Crippen LogP contribution in [0.3, 0.4) is 0 Å². The molecule has 1 saturated carbocycles. The SMILES string of the molecule is CNC1CCN(C(=O)C2(c3ccc(C(C)C)cc3)CCCC2)CC1.